The lowest BCUT2D eigenvalue weighted by molar-refractivity contribution is 0.666. The second-order valence-electron chi connectivity index (χ2n) is 4.79. The summed E-state index contributed by atoms with van der Waals surface area (Å²) in [6.07, 6.45) is 0. The molecule has 0 amide bonds. The van der Waals surface area contributed by atoms with Crippen LogP contribution >= 0.6 is 15.9 Å². The van der Waals surface area contributed by atoms with E-state index >= 15 is 0 Å². The Balaban J connectivity index is 2.00. The van der Waals surface area contributed by atoms with Gasteiger partial charge in [0, 0.05) is 10.0 Å². The normalized spacial score (nSPS) is 10.7. The topological polar surface area (TPSA) is 63.8 Å². The maximum Gasteiger partial charge on any atom is 0.290 e. The predicted molar refractivity (Wildman–Crippen MR) is 88.1 cm³/mol. The molecule has 0 aliphatic rings. The number of aromatic nitrogens is 2. The zero-order valence-electron chi connectivity index (χ0n) is 11.2. The number of H-pyrrole nitrogens is 1. The summed E-state index contributed by atoms with van der Waals surface area (Å²) < 4.78 is 2.51. The van der Waals surface area contributed by atoms with Gasteiger partial charge < -0.3 is 5.73 Å². The van der Waals surface area contributed by atoms with Gasteiger partial charge in [0.05, 0.1) is 12.2 Å². The highest BCUT2D eigenvalue weighted by Crippen LogP contribution is 2.21. The Kier molecular flexibility index (Phi) is 3.66. The quantitative estimate of drug-likeness (QED) is 0.766. The van der Waals surface area contributed by atoms with Crippen molar-refractivity contribution in [1.29, 1.82) is 0 Å². The first-order chi connectivity index (χ1) is 10.1. The van der Waals surface area contributed by atoms with Crippen molar-refractivity contribution < 1.29 is 0 Å². The summed E-state index contributed by atoms with van der Waals surface area (Å²) >= 11 is 3.43. The molecule has 5 heteroatoms. The number of aromatic amines is 1. The second kappa shape index (κ2) is 5.61. The molecule has 0 bridgehead atoms. The van der Waals surface area contributed by atoms with Crippen molar-refractivity contribution in [3.63, 3.8) is 0 Å². The Morgan fingerprint density at radius 3 is 2.57 bits per heavy atom. The van der Waals surface area contributed by atoms with E-state index < -0.39 is 0 Å². The number of hydrogen-bond acceptors (Lipinski definition) is 2. The molecule has 106 valence electrons. The van der Waals surface area contributed by atoms with Crippen molar-refractivity contribution in [2.75, 3.05) is 5.73 Å². The SMILES string of the molecule is Nc1c(-c2ccccc2)[nH]n(Cc2cccc(Br)c2)c1=O. The molecule has 0 spiro atoms. The summed E-state index contributed by atoms with van der Waals surface area (Å²) in [4.78, 5) is 12.2. The van der Waals surface area contributed by atoms with Crippen LogP contribution in [0.15, 0.2) is 63.9 Å². The molecule has 0 atom stereocenters. The molecule has 3 rings (SSSR count). The molecule has 0 aliphatic heterocycles. The van der Waals surface area contributed by atoms with Crippen LogP contribution in [0.4, 0.5) is 5.69 Å². The summed E-state index contributed by atoms with van der Waals surface area (Å²) in [5.74, 6) is 0. The third-order valence-corrected chi connectivity index (χ3v) is 3.78. The fourth-order valence-electron chi connectivity index (χ4n) is 2.25. The Morgan fingerprint density at radius 1 is 1.10 bits per heavy atom. The van der Waals surface area contributed by atoms with Crippen LogP contribution in [-0.2, 0) is 6.54 Å². The van der Waals surface area contributed by atoms with Gasteiger partial charge in [0.2, 0.25) is 0 Å². The lowest BCUT2D eigenvalue weighted by Gasteiger charge is -2.03. The standard InChI is InChI=1S/C16H14BrN3O/c17-13-8-4-5-11(9-13)10-20-16(21)14(18)15(19-20)12-6-2-1-3-7-12/h1-9,19H,10,18H2. The number of benzene rings is 2. The molecule has 2 aromatic carbocycles. The third-order valence-electron chi connectivity index (χ3n) is 3.28. The summed E-state index contributed by atoms with van der Waals surface area (Å²) in [5, 5.41) is 3.10. The average Bonchev–Trinajstić information content (AvgIpc) is 2.77. The molecular weight excluding hydrogens is 330 g/mol. The number of nitrogens with one attached hydrogen (secondary N) is 1. The van der Waals surface area contributed by atoms with Gasteiger partial charge in [-0.1, -0.05) is 58.4 Å². The van der Waals surface area contributed by atoms with Crippen LogP contribution in [0.1, 0.15) is 5.56 Å². The Hall–Kier alpha value is -2.27. The number of anilines is 1. The van der Waals surface area contributed by atoms with Crippen molar-refractivity contribution in [2.24, 2.45) is 0 Å². The molecule has 3 aromatic rings. The van der Waals surface area contributed by atoms with E-state index in [-0.39, 0.29) is 11.2 Å². The van der Waals surface area contributed by atoms with Gasteiger partial charge in [-0.2, -0.15) is 0 Å². The fraction of sp³-hybridized carbons (Fsp3) is 0.0625. The number of nitrogens with zero attached hydrogens (tertiary/aromatic N) is 1. The highest BCUT2D eigenvalue weighted by molar-refractivity contribution is 9.10. The summed E-state index contributed by atoms with van der Waals surface area (Å²) in [6.45, 7) is 0.454. The predicted octanol–water partition coefficient (Wildman–Crippen LogP) is 3.24. The van der Waals surface area contributed by atoms with Gasteiger partial charge in [-0.05, 0) is 17.7 Å². The van der Waals surface area contributed by atoms with Crippen molar-refractivity contribution in [2.45, 2.75) is 6.54 Å². The molecular formula is C16H14BrN3O. The van der Waals surface area contributed by atoms with Crippen LogP contribution in [0.3, 0.4) is 0 Å². The van der Waals surface area contributed by atoms with Crippen LogP contribution in [-0.4, -0.2) is 9.78 Å². The second-order valence-corrected chi connectivity index (χ2v) is 5.70. The van der Waals surface area contributed by atoms with Crippen molar-refractivity contribution in [3.8, 4) is 11.3 Å². The van der Waals surface area contributed by atoms with Gasteiger partial charge >= 0.3 is 0 Å². The van der Waals surface area contributed by atoms with Crippen LogP contribution in [0, 0.1) is 0 Å². The Morgan fingerprint density at radius 2 is 1.86 bits per heavy atom. The molecule has 0 aliphatic carbocycles. The zero-order valence-corrected chi connectivity index (χ0v) is 12.8. The minimum Gasteiger partial charge on any atom is -0.392 e. The Bertz CT molecular complexity index is 821. The van der Waals surface area contributed by atoms with E-state index in [1.807, 2.05) is 54.6 Å². The first-order valence-corrected chi connectivity index (χ1v) is 7.32. The third kappa shape index (κ3) is 2.78. The first kappa shape index (κ1) is 13.7. The van der Waals surface area contributed by atoms with Gasteiger partial charge in [-0.15, -0.1) is 0 Å². The van der Waals surface area contributed by atoms with E-state index in [1.165, 1.54) is 4.68 Å². The van der Waals surface area contributed by atoms with Crippen LogP contribution in [0.2, 0.25) is 0 Å². The van der Waals surface area contributed by atoms with E-state index in [9.17, 15) is 4.79 Å². The molecule has 21 heavy (non-hydrogen) atoms. The van der Waals surface area contributed by atoms with Crippen LogP contribution in [0.5, 0.6) is 0 Å². The summed E-state index contributed by atoms with van der Waals surface area (Å²) in [5.41, 5.74) is 8.58. The number of nitrogen functional groups attached to an aromatic ring is 1. The largest absolute Gasteiger partial charge is 0.392 e. The fourth-order valence-corrected chi connectivity index (χ4v) is 2.70. The van der Waals surface area contributed by atoms with Gasteiger partial charge in [0.25, 0.3) is 5.56 Å². The van der Waals surface area contributed by atoms with E-state index in [0.29, 0.717) is 12.2 Å². The molecule has 0 saturated heterocycles. The lowest BCUT2D eigenvalue weighted by atomic mass is 10.1. The van der Waals surface area contributed by atoms with Crippen molar-refractivity contribution >= 4 is 21.6 Å². The first-order valence-electron chi connectivity index (χ1n) is 6.53. The number of hydrogen-bond donors (Lipinski definition) is 2. The Labute approximate surface area is 130 Å². The maximum absolute atomic E-state index is 12.2. The van der Waals surface area contributed by atoms with E-state index in [0.717, 1.165) is 15.6 Å². The van der Waals surface area contributed by atoms with Gasteiger partial charge in [0.15, 0.2) is 0 Å². The molecule has 3 N–H and O–H groups in total. The number of halogens is 1. The van der Waals surface area contributed by atoms with Crippen molar-refractivity contribution in [1.82, 2.24) is 9.78 Å². The van der Waals surface area contributed by atoms with Gasteiger partial charge in [-0.3, -0.25) is 9.89 Å². The highest BCUT2D eigenvalue weighted by atomic mass is 79.9. The zero-order chi connectivity index (χ0) is 14.8. The van der Waals surface area contributed by atoms with E-state index in [2.05, 4.69) is 21.0 Å². The monoisotopic (exact) mass is 343 g/mol. The smallest absolute Gasteiger partial charge is 0.290 e. The lowest BCUT2D eigenvalue weighted by Crippen LogP contribution is -2.19. The molecule has 0 radical (unpaired) electrons. The molecule has 1 aromatic heterocycles. The minimum atomic E-state index is -0.200. The summed E-state index contributed by atoms with van der Waals surface area (Å²) in [6, 6.07) is 17.4. The van der Waals surface area contributed by atoms with Crippen molar-refractivity contribution in [3.05, 3.63) is 75.0 Å². The molecule has 0 fully saturated rings. The van der Waals surface area contributed by atoms with E-state index in [1.54, 1.807) is 0 Å². The van der Waals surface area contributed by atoms with Crippen LogP contribution < -0.4 is 11.3 Å². The molecule has 0 saturated carbocycles. The van der Waals surface area contributed by atoms with Crippen LogP contribution in [0.25, 0.3) is 11.3 Å². The molecule has 4 nitrogen and oxygen atoms in total. The molecule has 1 heterocycles. The minimum absolute atomic E-state index is 0.200. The van der Waals surface area contributed by atoms with E-state index in [4.69, 9.17) is 5.73 Å². The maximum atomic E-state index is 12.2. The number of rotatable bonds is 3. The van der Waals surface area contributed by atoms with Gasteiger partial charge in [0.1, 0.15) is 5.69 Å². The highest BCUT2D eigenvalue weighted by Gasteiger charge is 2.12. The average molecular weight is 344 g/mol. The van der Waals surface area contributed by atoms with Gasteiger partial charge in [-0.25, -0.2) is 4.68 Å². The molecule has 0 unspecified atom stereocenters. The number of nitrogens with two attached hydrogens (primary N) is 1. The summed E-state index contributed by atoms with van der Waals surface area (Å²) in [7, 11) is 0.